The first-order valence-corrected chi connectivity index (χ1v) is 4.23. The van der Waals surface area contributed by atoms with Crippen LogP contribution in [0.3, 0.4) is 0 Å². The van der Waals surface area contributed by atoms with Crippen LogP contribution in [-0.4, -0.2) is 38.0 Å². The summed E-state index contributed by atoms with van der Waals surface area (Å²) >= 11 is 0. The van der Waals surface area contributed by atoms with Crippen molar-refractivity contribution in [2.75, 3.05) is 26.8 Å². The van der Waals surface area contributed by atoms with E-state index in [0.29, 0.717) is 6.61 Å². The molecule has 1 heterocycles. The monoisotopic (exact) mass is 159 g/mol. The molecule has 3 heteroatoms. The molecule has 0 N–H and O–H groups in total. The number of methoxy groups -OCH3 is 1. The van der Waals surface area contributed by atoms with Crippen LogP contribution in [-0.2, 0) is 9.57 Å². The van der Waals surface area contributed by atoms with Crippen molar-refractivity contribution in [3.63, 3.8) is 0 Å². The molecule has 0 spiro atoms. The Labute approximate surface area is 68.2 Å². The molecule has 0 saturated carbocycles. The number of nitrogens with zero attached hydrogens (tertiary/aromatic N) is 1. The summed E-state index contributed by atoms with van der Waals surface area (Å²) in [6, 6.07) is 0. The van der Waals surface area contributed by atoms with E-state index in [9.17, 15) is 0 Å². The fraction of sp³-hybridized carbons (Fsp3) is 1.00. The molecule has 3 nitrogen and oxygen atoms in total. The lowest BCUT2D eigenvalue weighted by Crippen LogP contribution is -2.28. The van der Waals surface area contributed by atoms with Gasteiger partial charge in [0.05, 0.1) is 12.7 Å². The quantitative estimate of drug-likeness (QED) is 0.612. The molecule has 1 atom stereocenters. The summed E-state index contributed by atoms with van der Waals surface area (Å²) in [6.07, 6.45) is 2.72. The van der Waals surface area contributed by atoms with Crippen LogP contribution in [0.4, 0.5) is 0 Å². The number of rotatable bonds is 4. The van der Waals surface area contributed by atoms with Crippen molar-refractivity contribution in [3.05, 3.63) is 0 Å². The summed E-state index contributed by atoms with van der Waals surface area (Å²) in [4.78, 5) is 5.56. The lowest BCUT2D eigenvalue weighted by molar-refractivity contribution is -0.190. The fourth-order valence-electron chi connectivity index (χ4n) is 1.31. The third-order valence-corrected chi connectivity index (χ3v) is 1.80. The number of ether oxygens (including phenoxy) is 1. The van der Waals surface area contributed by atoms with Crippen molar-refractivity contribution in [1.82, 2.24) is 5.06 Å². The van der Waals surface area contributed by atoms with Crippen LogP contribution in [0.5, 0.6) is 0 Å². The predicted molar refractivity (Wildman–Crippen MR) is 43.2 cm³/mol. The van der Waals surface area contributed by atoms with Crippen molar-refractivity contribution in [3.8, 4) is 0 Å². The Hall–Kier alpha value is -0.120. The highest BCUT2D eigenvalue weighted by Crippen LogP contribution is 2.09. The number of hydroxylamine groups is 2. The Balaban J connectivity index is 2.08. The maximum absolute atomic E-state index is 5.56. The van der Waals surface area contributed by atoms with E-state index in [-0.39, 0.29) is 6.10 Å². The predicted octanol–water partition coefficient (Wildman–Crippen LogP) is 1.05. The average Bonchev–Trinajstić information content (AvgIpc) is 2.40. The highest BCUT2D eigenvalue weighted by atomic mass is 16.7. The van der Waals surface area contributed by atoms with E-state index in [1.165, 1.54) is 12.8 Å². The topological polar surface area (TPSA) is 21.7 Å². The van der Waals surface area contributed by atoms with Gasteiger partial charge in [0.15, 0.2) is 0 Å². The molecule has 0 aromatic heterocycles. The smallest absolute Gasteiger partial charge is 0.0997 e. The molecule has 1 rings (SSSR count). The van der Waals surface area contributed by atoms with Gasteiger partial charge in [0.1, 0.15) is 0 Å². The van der Waals surface area contributed by atoms with Gasteiger partial charge in [-0.1, -0.05) is 0 Å². The van der Waals surface area contributed by atoms with Crippen molar-refractivity contribution < 1.29 is 9.57 Å². The van der Waals surface area contributed by atoms with Crippen LogP contribution in [0.1, 0.15) is 19.8 Å². The van der Waals surface area contributed by atoms with Gasteiger partial charge in [-0.3, -0.25) is 4.84 Å². The molecule has 1 fully saturated rings. The Morgan fingerprint density at radius 3 is 2.55 bits per heavy atom. The Kier molecular flexibility index (Phi) is 3.83. The first kappa shape index (κ1) is 8.97. The van der Waals surface area contributed by atoms with Gasteiger partial charge < -0.3 is 4.74 Å². The molecule has 0 amide bonds. The Bertz CT molecular complexity index is 102. The summed E-state index contributed by atoms with van der Waals surface area (Å²) in [5, 5.41) is 2.03. The highest BCUT2D eigenvalue weighted by Gasteiger charge is 2.14. The van der Waals surface area contributed by atoms with E-state index < -0.39 is 0 Å². The number of hydrogen-bond donors (Lipinski definition) is 0. The molecule has 0 aliphatic carbocycles. The normalized spacial score (nSPS) is 22.4. The molecule has 66 valence electrons. The third kappa shape index (κ3) is 3.18. The van der Waals surface area contributed by atoms with Crippen LogP contribution < -0.4 is 0 Å². The second-order valence-corrected chi connectivity index (χ2v) is 3.01. The van der Waals surface area contributed by atoms with Gasteiger partial charge in [-0.25, -0.2) is 0 Å². The van der Waals surface area contributed by atoms with Crippen LogP contribution in [0.2, 0.25) is 0 Å². The maximum Gasteiger partial charge on any atom is 0.0997 e. The second kappa shape index (κ2) is 4.70. The molecular formula is C8H17NO2. The van der Waals surface area contributed by atoms with Crippen LogP contribution in [0.15, 0.2) is 0 Å². The van der Waals surface area contributed by atoms with Crippen molar-refractivity contribution in [1.29, 1.82) is 0 Å². The summed E-state index contributed by atoms with van der Waals surface area (Å²) < 4.78 is 4.96. The summed E-state index contributed by atoms with van der Waals surface area (Å²) in [7, 11) is 1.70. The van der Waals surface area contributed by atoms with Crippen molar-refractivity contribution in [2.24, 2.45) is 0 Å². The van der Waals surface area contributed by atoms with Crippen molar-refractivity contribution in [2.45, 2.75) is 25.9 Å². The Morgan fingerprint density at radius 2 is 2.00 bits per heavy atom. The molecule has 1 aliphatic rings. The van der Waals surface area contributed by atoms with Gasteiger partial charge in [0.25, 0.3) is 0 Å². The average molecular weight is 159 g/mol. The van der Waals surface area contributed by atoms with E-state index in [1.807, 2.05) is 12.0 Å². The van der Waals surface area contributed by atoms with Gasteiger partial charge in [-0.05, 0) is 19.8 Å². The fourth-order valence-corrected chi connectivity index (χ4v) is 1.31. The zero-order valence-electron chi connectivity index (χ0n) is 7.38. The van der Waals surface area contributed by atoms with E-state index in [2.05, 4.69) is 0 Å². The zero-order valence-corrected chi connectivity index (χ0v) is 7.38. The van der Waals surface area contributed by atoms with Gasteiger partial charge >= 0.3 is 0 Å². The molecule has 1 saturated heterocycles. The Morgan fingerprint density at radius 1 is 1.36 bits per heavy atom. The van der Waals surface area contributed by atoms with Crippen LogP contribution in [0, 0.1) is 0 Å². The third-order valence-electron chi connectivity index (χ3n) is 1.80. The molecule has 0 unspecified atom stereocenters. The molecule has 11 heavy (non-hydrogen) atoms. The van der Waals surface area contributed by atoms with E-state index in [4.69, 9.17) is 9.57 Å². The number of hydrogen-bond acceptors (Lipinski definition) is 3. The first-order chi connectivity index (χ1) is 5.33. The zero-order chi connectivity index (χ0) is 8.10. The summed E-state index contributed by atoms with van der Waals surface area (Å²) in [6.45, 7) is 4.86. The molecular weight excluding hydrogens is 142 g/mol. The largest absolute Gasteiger partial charge is 0.382 e. The molecule has 0 bridgehead atoms. The molecule has 0 aromatic rings. The second-order valence-electron chi connectivity index (χ2n) is 3.01. The minimum absolute atomic E-state index is 0.193. The van der Waals surface area contributed by atoms with Crippen LogP contribution >= 0.6 is 0 Å². The van der Waals surface area contributed by atoms with Gasteiger partial charge in [0, 0.05) is 20.2 Å². The minimum atomic E-state index is 0.193. The lowest BCUT2D eigenvalue weighted by Gasteiger charge is -2.19. The van der Waals surface area contributed by atoms with Crippen molar-refractivity contribution >= 4 is 0 Å². The molecule has 1 aliphatic heterocycles. The van der Waals surface area contributed by atoms with Gasteiger partial charge in [-0.2, -0.15) is 5.06 Å². The summed E-state index contributed by atoms with van der Waals surface area (Å²) in [5.74, 6) is 0. The van der Waals surface area contributed by atoms with Gasteiger partial charge in [0.2, 0.25) is 0 Å². The van der Waals surface area contributed by atoms with E-state index >= 15 is 0 Å². The van der Waals surface area contributed by atoms with E-state index in [0.717, 1.165) is 13.1 Å². The standard InChI is InChI=1S/C8H17NO2/c1-8(7-10-2)11-9-5-3-4-6-9/h8H,3-7H2,1-2H3/t8-/m0/s1. The maximum atomic E-state index is 5.56. The highest BCUT2D eigenvalue weighted by molar-refractivity contribution is 4.58. The summed E-state index contributed by atoms with van der Waals surface area (Å²) in [5.41, 5.74) is 0. The molecule has 0 aromatic carbocycles. The van der Waals surface area contributed by atoms with Crippen LogP contribution in [0.25, 0.3) is 0 Å². The SMILES string of the molecule is COC[C@H](C)ON1CCCC1. The first-order valence-electron chi connectivity index (χ1n) is 4.23. The van der Waals surface area contributed by atoms with E-state index in [1.54, 1.807) is 7.11 Å². The molecule has 0 radical (unpaired) electrons. The minimum Gasteiger partial charge on any atom is -0.382 e. The van der Waals surface area contributed by atoms with Gasteiger partial charge in [-0.15, -0.1) is 0 Å². The lowest BCUT2D eigenvalue weighted by atomic mass is 10.4.